The van der Waals surface area contributed by atoms with Crippen LogP contribution in [-0.4, -0.2) is 42.4 Å². The molecule has 2 aromatic carbocycles. The number of hydrogen-bond donors (Lipinski definition) is 1. The van der Waals surface area contributed by atoms with Crippen molar-refractivity contribution in [1.82, 2.24) is 24.4 Å². The van der Waals surface area contributed by atoms with Crippen LogP contribution in [0.4, 0.5) is 0 Å². The van der Waals surface area contributed by atoms with Crippen LogP contribution >= 0.6 is 11.6 Å². The van der Waals surface area contributed by atoms with Gasteiger partial charge in [0.15, 0.2) is 5.82 Å². The molecule has 33 heavy (non-hydrogen) atoms. The van der Waals surface area contributed by atoms with Gasteiger partial charge in [-0.15, -0.1) is 0 Å². The molecule has 1 amide bonds. The monoisotopic (exact) mass is 462 g/mol. The van der Waals surface area contributed by atoms with Crippen molar-refractivity contribution in [3.63, 3.8) is 0 Å². The number of imidazole rings is 1. The van der Waals surface area contributed by atoms with Gasteiger partial charge in [0.1, 0.15) is 11.4 Å². The SMILES string of the molecule is [2H]C([2H])([2H])N1C(=O)c2cccc(Cl)c2[C@H]2C[C@@H]1c1nc3ccc(-c4cnc(C(C)(C)O)nc4)cc3n12. The smallest absolute Gasteiger partial charge is 0.254 e. The minimum atomic E-state index is -2.64. The predicted molar refractivity (Wildman–Crippen MR) is 125 cm³/mol. The second kappa shape index (κ2) is 6.85. The molecule has 0 saturated heterocycles. The lowest BCUT2D eigenvalue weighted by atomic mass is 9.98. The molecule has 8 heteroatoms. The zero-order valence-corrected chi connectivity index (χ0v) is 18.7. The van der Waals surface area contributed by atoms with Crippen LogP contribution in [0, 0.1) is 0 Å². The summed E-state index contributed by atoms with van der Waals surface area (Å²) < 4.78 is 26.4. The van der Waals surface area contributed by atoms with E-state index in [2.05, 4.69) is 9.97 Å². The second-order valence-electron chi connectivity index (χ2n) is 9.04. The molecule has 4 aromatic rings. The van der Waals surface area contributed by atoms with E-state index in [1.165, 1.54) is 0 Å². The number of hydrogen-bond acceptors (Lipinski definition) is 5. The van der Waals surface area contributed by atoms with E-state index in [-0.39, 0.29) is 6.04 Å². The third-order valence-corrected chi connectivity index (χ3v) is 6.78. The van der Waals surface area contributed by atoms with Gasteiger partial charge < -0.3 is 14.6 Å². The summed E-state index contributed by atoms with van der Waals surface area (Å²) in [4.78, 5) is 27.8. The first kappa shape index (κ1) is 17.2. The fourth-order valence-electron chi connectivity index (χ4n) is 4.87. The fourth-order valence-corrected chi connectivity index (χ4v) is 5.17. The van der Waals surface area contributed by atoms with Crippen LogP contribution in [0.2, 0.25) is 5.02 Å². The van der Waals surface area contributed by atoms with E-state index >= 15 is 0 Å². The van der Waals surface area contributed by atoms with E-state index in [1.54, 1.807) is 44.4 Å². The molecule has 6 rings (SSSR count). The average molecular weight is 463 g/mol. The maximum atomic E-state index is 13.4. The van der Waals surface area contributed by atoms with Gasteiger partial charge in [0, 0.05) is 51.6 Å². The zero-order valence-electron chi connectivity index (χ0n) is 21.0. The highest BCUT2D eigenvalue weighted by Gasteiger charge is 2.44. The van der Waals surface area contributed by atoms with Gasteiger partial charge in [-0.2, -0.15) is 0 Å². The van der Waals surface area contributed by atoms with E-state index in [1.807, 2.05) is 22.8 Å². The third kappa shape index (κ3) is 2.92. The van der Waals surface area contributed by atoms with E-state index < -0.39 is 24.5 Å². The molecule has 0 spiro atoms. The number of carbonyl (C=O) groups is 1. The maximum Gasteiger partial charge on any atom is 0.254 e. The van der Waals surface area contributed by atoms with Crippen molar-refractivity contribution in [3.8, 4) is 11.1 Å². The molecular weight excluding hydrogens is 438 g/mol. The highest BCUT2D eigenvalue weighted by atomic mass is 35.5. The molecule has 0 aliphatic carbocycles. The van der Waals surface area contributed by atoms with E-state index in [0.29, 0.717) is 39.7 Å². The van der Waals surface area contributed by atoms with Crippen LogP contribution in [0.3, 0.4) is 0 Å². The van der Waals surface area contributed by atoms with Crippen molar-refractivity contribution in [2.45, 2.75) is 38.0 Å². The highest BCUT2D eigenvalue weighted by Crippen LogP contribution is 2.49. The van der Waals surface area contributed by atoms with Gasteiger partial charge >= 0.3 is 0 Å². The van der Waals surface area contributed by atoms with E-state index in [4.69, 9.17) is 20.7 Å². The summed E-state index contributed by atoms with van der Waals surface area (Å²) in [5, 5.41) is 10.6. The van der Waals surface area contributed by atoms with E-state index in [9.17, 15) is 9.90 Å². The largest absolute Gasteiger partial charge is 0.382 e. The van der Waals surface area contributed by atoms with Crippen molar-refractivity contribution >= 4 is 28.5 Å². The van der Waals surface area contributed by atoms with Crippen molar-refractivity contribution < 1.29 is 14.0 Å². The van der Waals surface area contributed by atoms with Crippen LogP contribution in [0.15, 0.2) is 48.8 Å². The summed E-state index contributed by atoms with van der Waals surface area (Å²) in [5.41, 5.74) is 2.85. The molecule has 2 bridgehead atoms. The third-order valence-electron chi connectivity index (χ3n) is 6.45. The number of amides is 1. The zero-order chi connectivity index (χ0) is 25.6. The van der Waals surface area contributed by atoms with Crippen molar-refractivity contribution in [2.75, 3.05) is 6.98 Å². The Kier molecular flexibility index (Phi) is 3.58. The summed E-state index contributed by atoms with van der Waals surface area (Å²) >= 11 is 6.62. The molecular formula is C25H22ClN5O2. The molecule has 2 aliphatic rings. The lowest BCUT2D eigenvalue weighted by molar-refractivity contribution is 0.0686. The average Bonchev–Trinajstić information content (AvgIpc) is 3.30. The molecule has 0 fully saturated rings. The molecule has 1 N–H and O–H groups in total. The van der Waals surface area contributed by atoms with Crippen LogP contribution in [-0.2, 0) is 5.60 Å². The molecule has 0 radical (unpaired) electrons. The molecule has 2 aliphatic heterocycles. The lowest BCUT2D eigenvalue weighted by Gasteiger charge is -2.24. The number of aromatic nitrogens is 4. The number of rotatable bonds is 2. The summed E-state index contributed by atoms with van der Waals surface area (Å²) in [6.07, 6.45) is 3.69. The Morgan fingerprint density at radius 3 is 2.67 bits per heavy atom. The van der Waals surface area contributed by atoms with Gasteiger partial charge in [0.05, 0.1) is 23.1 Å². The highest BCUT2D eigenvalue weighted by molar-refractivity contribution is 6.32. The lowest BCUT2D eigenvalue weighted by Crippen LogP contribution is -2.30. The van der Waals surface area contributed by atoms with Crippen LogP contribution in [0.1, 0.15) is 64.0 Å². The normalized spacial score (nSPS) is 21.3. The Morgan fingerprint density at radius 1 is 1.15 bits per heavy atom. The Labute approximate surface area is 199 Å². The van der Waals surface area contributed by atoms with Crippen LogP contribution in [0.5, 0.6) is 0 Å². The quantitative estimate of drug-likeness (QED) is 0.474. The topological polar surface area (TPSA) is 84.1 Å². The molecule has 0 saturated carbocycles. The molecule has 2 atom stereocenters. The number of fused-ring (bicyclic) bond motifs is 9. The molecule has 7 nitrogen and oxygen atoms in total. The minimum absolute atomic E-state index is 0.297. The Balaban J connectivity index is 1.55. The van der Waals surface area contributed by atoms with Crippen molar-refractivity contribution in [1.29, 1.82) is 0 Å². The molecule has 4 heterocycles. The van der Waals surface area contributed by atoms with Gasteiger partial charge in [0.2, 0.25) is 0 Å². The molecule has 0 unspecified atom stereocenters. The van der Waals surface area contributed by atoms with Crippen LogP contribution in [0.25, 0.3) is 22.2 Å². The van der Waals surface area contributed by atoms with E-state index in [0.717, 1.165) is 21.5 Å². The number of aliphatic hydroxyl groups is 1. The number of halogens is 1. The second-order valence-corrected chi connectivity index (χ2v) is 9.45. The van der Waals surface area contributed by atoms with Gasteiger partial charge in [-0.05, 0) is 43.7 Å². The summed E-state index contributed by atoms with van der Waals surface area (Å²) in [6.45, 7) is 0.606. The maximum absolute atomic E-state index is 13.4. The van der Waals surface area contributed by atoms with Crippen LogP contribution < -0.4 is 0 Å². The summed E-state index contributed by atoms with van der Waals surface area (Å²) in [7, 11) is 0. The Bertz CT molecular complexity index is 1540. The van der Waals surface area contributed by atoms with Crippen molar-refractivity contribution in [2.24, 2.45) is 0 Å². The Morgan fingerprint density at radius 2 is 1.94 bits per heavy atom. The predicted octanol–water partition coefficient (Wildman–Crippen LogP) is 4.49. The van der Waals surface area contributed by atoms with Gasteiger partial charge in [-0.1, -0.05) is 23.7 Å². The van der Waals surface area contributed by atoms with Gasteiger partial charge in [-0.25, -0.2) is 15.0 Å². The molecule has 2 aromatic heterocycles. The first-order valence-electron chi connectivity index (χ1n) is 12.1. The minimum Gasteiger partial charge on any atom is -0.382 e. The summed E-state index contributed by atoms with van der Waals surface area (Å²) in [6, 6.07) is 9.67. The first-order valence-corrected chi connectivity index (χ1v) is 11.0. The van der Waals surface area contributed by atoms with Gasteiger partial charge in [0.25, 0.3) is 5.91 Å². The number of carbonyl (C=O) groups excluding carboxylic acids is 1. The summed E-state index contributed by atoms with van der Waals surface area (Å²) in [5.74, 6) is 0.280. The first-order chi connectivity index (χ1) is 16.9. The number of benzene rings is 2. The molecule has 166 valence electrons. The number of nitrogens with zero attached hydrogens (tertiary/aromatic N) is 5. The van der Waals surface area contributed by atoms with Crippen molar-refractivity contribution in [3.05, 3.63) is 76.6 Å². The Hall–Kier alpha value is -3.29. The fraction of sp³-hybridized carbons (Fsp3) is 0.280. The van der Waals surface area contributed by atoms with Gasteiger partial charge in [-0.3, -0.25) is 4.79 Å². The standard InChI is InChI=1S/C25H22ClN5O2/c1-25(2,33)24-27-11-14(12-28-24)13-7-8-17-18(9-13)31-19-10-20(22(31)29-17)30(3)23(32)15-5-4-6-16(26)21(15)19/h4-9,11-12,19-20,33H,10H2,1-3H3/t19-,20-/m1/s1/i3D3.